The summed E-state index contributed by atoms with van der Waals surface area (Å²) in [5, 5.41) is 0. The molecule has 5 nitrogen and oxygen atoms in total. The van der Waals surface area contributed by atoms with Gasteiger partial charge in [-0.3, -0.25) is 4.79 Å². The highest BCUT2D eigenvalue weighted by Crippen LogP contribution is 2.23. The SMILES string of the molecule is CC(C)(C)N(Cc1ccccc1)C(=O)COc1ccc(Oc2ccccn2)cc1. The number of hydrogen-bond donors (Lipinski definition) is 0. The zero-order valence-corrected chi connectivity index (χ0v) is 17.0. The number of aromatic nitrogens is 1. The summed E-state index contributed by atoms with van der Waals surface area (Å²) in [5.41, 5.74) is 0.781. The summed E-state index contributed by atoms with van der Waals surface area (Å²) < 4.78 is 11.4. The van der Waals surface area contributed by atoms with Gasteiger partial charge >= 0.3 is 0 Å². The summed E-state index contributed by atoms with van der Waals surface area (Å²) in [7, 11) is 0. The van der Waals surface area contributed by atoms with E-state index in [2.05, 4.69) is 4.98 Å². The molecule has 0 saturated heterocycles. The molecule has 0 spiro atoms. The van der Waals surface area contributed by atoms with E-state index in [0.29, 0.717) is 23.9 Å². The molecule has 0 saturated carbocycles. The fourth-order valence-corrected chi connectivity index (χ4v) is 2.82. The van der Waals surface area contributed by atoms with Crippen molar-refractivity contribution in [2.24, 2.45) is 0 Å². The minimum atomic E-state index is -0.309. The molecule has 29 heavy (non-hydrogen) atoms. The van der Waals surface area contributed by atoms with Gasteiger partial charge in [-0.25, -0.2) is 4.98 Å². The quantitative estimate of drug-likeness (QED) is 0.564. The van der Waals surface area contributed by atoms with E-state index in [9.17, 15) is 4.79 Å². The summed E-state index contributed by atoms with van der Waals surface area (Å²) in [6, 6.07) is 22.6. The molecule has 0 aliphatic rings. The molecule has 1 aromatic heterocycles. The summed E-state index contributed by atoms with van der Waals surface area (Å²) >= 11 is 0. The van der Waals surface area contributed by atoms with Gasteiger partial charge in [-0.15, -0.1) is 0 Å². The molecule has 0 atom stereocenters. The maximum absolute atomic E-state index is 12.8. The molecule has 0 N–H and O–H groups in total. The van der Waals surface area contributed by atoms with E-state index in [4.69, 9.17) is 9.47 Å². The Bertz CT molecular complexity index is 904. The third-order valence-corrected chi connectivity index (χ3v) is 4.34. The van der Waals surface area contributed by atoms with E-state index in [-0.39, 0.29) is 18.1 Å². The molecule has 1 amide bonds. The highest BCUT2D eigenvalue weighted by atomic mass is 16.5. The summed E-state index contributed by atoms with van der Waals surface area (Å²) in [6.45, 7) is 6.60. The fourth-order valence-electron chi connectivity index (χ4n) is 2.82. The highest BCUT2D eigenvalue weighted by molar-refractivity contribution is 5.78. The molecular formula is C24H26N2O3. The van der Waals surface area contributed by atoms with E-state index in [0.717, 1.165) is 5.56 Å². The number of carbonyl (C=O) groups excluding carboxylic acids is 1. The van der Waals surface area contributed by atoms with Gasteiger partial charge in [-0.2, -0.15) is 0 Å². The highest BCUT2D eigenvalue weighted by Gasteiger charge is 2.26. The molecule has 0 aliphatic carbocycles. The minimum Gasteiger partial charge on any atom is -0.484 e. The number of ether oxygens (including phenoxy) is 2. The van der Waals surface area contributed by atoms with Crippen LogP contribution in [0.1, 0.15) is 26.3 Å². The predicted molar refractivity (Wildman–Crippen MR) is 113 cm³/mol. The number of pyridine rings is 1. The van der Waals surface area contributed by atoms with Crippen molar-refractivity contribution < 1.29 is 14.3 Å². The van der Waals surface area contributed by atoms with Crippen molar-refractivity contribution in [2.45, 2.75) is 32.9 Å². The Hall–Kier alpha value is -3.34. The van der Waals surface area contributed by atoms with E-state index in [1.807, 2.05) is 68.1 Å². The molecule has 2 aromatic carbocycles. The van der Waals surface area contributed by atoms with Crippen molar-refractivity contribution in [3.8, 4) is 17.4 Å². The first-order valence-electron chi connectivity index (χ1n) is 9.58. The van der Waals surface area contributed by atoms with Gasteiger partial charge in [0.15, 0.2) is 6.61 Å². The van der Waals surface area contributed by atoms with Crippen LogP contribution in [0, 0.1) is 0 Å². The van der Waals surface area contributed by atoms with Crippen LogP contribution in [0.5, 0.6) is 17.4 Å². The van der Waals surface area contributed by atoms with Crippen LogP contribution in [0.25, 0.3) is 0 Å². The second kappa shape index (κ2) is 9.24. The van der Waals surface area contributed by atoms with Crippen molar-refractivity contribution in [3.63, 3.8) is 0 Å². The number of benzene rings is 2. The van der Waals surface area contributed by atoms with Gasteiger partial charge in [0.05, 0.1) is 0 Å². The van der Waals surface area contributed by atoms with Gasteiger partial charge in [0.1, 0.15) is 11.5 Å². The monoisotopic (exact) mass is 390 g/mol. The molecule has 0 radical (unpaired) electrons. The smallest absolute Gasteiger partial charge is 0.261 e. The van der Waals surface area contributed by atoms with Crippen LogP contribution in [0.15, 0.2) is 79.0 Å². The molecule has 0 fully saturated rings. The lowest BCUT2D eigenvalue weighted by Gasteiger charge is -2.35. The molecule has 3 rings (SSSR count). The Labute approximate surface area is 171 Å². The van der Waals surface area contributed by atoms with Gasteiger partial charge in [0.25, 0.3) is 5.91 Å². The normalized spacial score (nSPS) is 11.0. The van der Waals surface area contributed by atoms with Crippen LogP contribution in [-0.2, 0) is 11.3 Å². The van der Waals surface area contributed by atoms with Crippen molar-refractivity contribution in [3.05, 3.63) is 84.6 Å². The largest absolute Gasteiger partial charge is 0.484 e. The standard InChI is InChI=1S/C24H26N2O3/c1-24(2,3)26(17-19-9-5-4-6-10-19)23(27)18-28-20-12-14-21(15-13-20)29-22-11-7-8-16-25-22/h4-16H,17-18H2,1-3H3. The first-order chi connectivity index (χ1) is 13.9. The van der Waals surface area contributed by atoms with Gasteiger partial charge in [0, 0.05) is 24.3 Å². The van der Waals surface area contributed by atoms with E-state index in [1.54, 1.807) is 36.5 Å². The number of hydrogen-bond acceptors (Lipinski definition) is 4. The van der Waals surface area contributed by atoms with Gasteiger partial charge < -0.3 is 14.4 Å². The van der Waals surface area contributed by atoms with Crippen LogP contribution in [0.2, 0.25) is 0 Å². The van der Waals surface area contributed by atoms with Crippen LogP contribution in [0.4, 0.5) is 0 Å². The lowest BCUT2D eigenvalue weighted by atomic mass is 10.0. The zero-order chi connectivity index (χ0) is 20.7. The van der Waals surface area contributed by atoms with Gasteiger partial charge in [-0.05, 0) is 56.7 Å². The topological polar surface area (TPSA) is 51.7 Å². The van der Waals surface area contributed by atoms with Gasteiger partial charge in [-0.1, -0.05) is 36.4 Å². The molecule has 0 unspecified atom stereocenters. The average Bonchev–Trinajstić information content (AvgIpc) is 2.72. The van der Waals surface area contributed by atoms with E-state index in [1.165, 1.54) is 0 Å². The number of amides is 1. The first kappa shape index (κ1) is 20.4. The predicted octanol–water partition coefficient (Wildman–Crippen LogP) is 5.08. The second-order valence-electron chi connectivity index (χ2n) is 7.67. The third-order valence-electron chi connectivity index (χ3n) is 4.34. The summed E-state index contributed by atoms with van der Waals surface area (Å²) in [6.07, 6.45) is 1.68. The van der Waals surface area contributed by atoms with Crippen molar-refractivity contribution >= 4 is 5.91 Å². The Morgan fingerprint density at radius 2 is 1.55 bits per heavy atom. The zero-order valence-electron chi connectivity index (χ0n) is 17.0. The minimum absolute atomic E-state index is 0.0233. The Balaban J connectivity index is 1.59. The van der Waals surface area contributed by atoms with Crippen LogP contribution in [0.3, 0.4) is 0 Å². The summed E-state index contributed by atoms with van der Waals surface area (Å²) in [5.74, 6) is 1.73. The number of nitrogens with zero attached hydrogens (tertiary/aromatic N) is 2. The van der Waals surface area contributed by atoms with Crippen molar-refractivity contribution in [1.82, 2.24) is 9.88 Å². The fraction of sp³-hybridized carbons (Fsp3) is 0.250. The van der Waals surface area contributed by atoms with E-state index >= 15 is 0 Å². The third kappa shape index (κ3) is 6.07. The van der Waals surface area contributed by atoms with Crippen molar-refractivity contribution in [1.29, 1.82) is 0 Å². The van der Waals surface area contributed by atoms with Crippen LogP contribution >= 0.6 is 0 Å². The Morgan fingerprint density at radius 3 is 2.17 bits per heavy atom. The molecular weight excluding hydrogens is 364 g/mol. The van der Waals surface area contributed by atoms with Crippen LogP contribution in [-0.4, -0.2) is 27.9 Å². The molecule has 5 heteroatoms. The van der Waals surface area contributed by atoms with Crippen LogP contribution < -0.4 is 9.47 Å². The summed E-state index contributed by atoms with van der Waals surface area (Å²) in [4.78, 5) is 18.8. The second-order valence-corrected chi connectivity index (χ2v) is 7.67. The maximum atomic E-state index is 12.8. The Morgan fingerprint density at radius 1 is 0.897 bits per heavy atom. The van der Waals surface area contributed by atoms with Crippen molar-refractivity contribution in [2.75, 3.05) is 6.61 Å². The maximum Gasteiger partial charge on any atom is 0.261 e. The molecule has 1 heterocycles. The molecule has 150 valence electrons. The number of carbonyl (C=O) groups is 1. The molecule has 3 aromatic rings. The first-order valence-corrected chi connectivity index (χ1v) is 9.58. The molecule has 0 aliphatic heterocycles. The average molecular weight is 390 g/mol. The number of rotatable bonds is 7. The lowest BCUT2D eigenvalue weighted by Crippen LogP contribution is -2.47. The molecule has 0 bridgehead atoms. The van der Waals surface area contributed by atoms with E-state index < -0.39 is 0 Å². The lowest BCUT2D eigenvalue weighted by molar-refractivity contribution is -0.139. The van der Waals surface area contributed by atoms with Gasteiger partial charge in [0.2, 0.25) is 5.88 Å². The Kier molecular flexibility index (Phi) is 6.50.